The number of halogens is 3. The van der Waals surface area contributed by atoms with Crippen LogP contribution in [0.25, 0.3) is 0 Å². The van der Waals surface area contributed by atoms with Gasteiger partial charge in [-0.25, -0.2) is 13.2 Å². The van der Waals surface area contributed by atoms with E-state index >= 15 is 0 Å². The van der Waals surface area contributed by atoms with Gasteiger partial charge in [0.25, 0.3) is 0 Å². The number of benzene rings is 2. The molecule has 2 nitrogen and oxygen atoms in total. The van der Waals surface area contributed by atoms with Gasteiger partial charge in [0.2, 0.25) is 0 Å². The molecule has 0 unspecified atom stereocenters. The number of hydrogen-bond acceptors (Lipinski definition) is 2. The van der Waals surface area contributed by atoms with E-state index in [9.17, 15) is 18.0 Å². The molecule has 0 saturated heterocycles. The summed E-state index contributed by atoms with van der Waals surface area (Å²) in [6.07, 6.45) is 0. The molecule has 0 fully saturated rings. The lowest BCUT2D eigenvalue weighted by molar-refractivity contribution is 0.0915. The number of carbonyl (C=O) groups is 1. The highest BCUT2D eigenvalue weighted by Gasteiger charge is 2.13. The fourth-order valence-corrected chi connectivity index (χ4v) is 1.50. The topological polar surface area (TPSA) is 26.3 Å². The third-order valence-electron chi connectivity index (χ3n) is 2.41. The molecule has 0 aliphatic heterocycles. The Balaban J connectivity index is 2.09. The van der Waals surface area contributed by atoms with Crippen LogP contribution in [0.1, 0.15) is 10.4 Å². The molecule has 2 aromatic rings. The number of carbonyl (C=O) groups excluding carboxylic acids is 1. The number of ether oxygens (including phenoxy) is 1. The molecule has 0 atom stereocenters. The van der Waals surface area contributed by atoms with Crippen molar-refractivity contribution < 1.29 is 22.7 Å². The van der Waals surface area contributed by atoms with Crippen LogP contribution in [0.2, 0.25) is 0 Å². The second-order valence-electron chi connectivity index (χ2n) is 3.77. The number of Topliss-reactive ketones (excluding diaryl/α,β-unsaturated/α-hetero) is 1. The number of hydrogen-bond donors (Lipinski definition) is 0. The van der Waals surface area contributed by atoms with Crippen molar-refractivity contribution in [2.45, 2.75) is 0 Å². The molecule has 0 bridgehead atoms. The summed E-state index contributed by atoms with van der Waals surface area (Å²) in [7, 11) is 0. The van der Waals surface area contributed by atoms with Crippen LogP contribution in [0.5, 0.6) is 5.75 Å². The highest BCUT2D eigenvalue weighted by molar-refractivity contribution is 5.97. The molecule has 0 N–H and O–H groups in total. The van der Waals surface area contributed by atoms with Crippen LogP contribution in [0.15, 0.2) is 42.5 Å². The Bertz CT molecular complexity index is 591. The van der Waals surface area contributed by atoms with Crippen LogP contribution in [0.3, 0.4) is 0 Å². The lowest BCUT2D eigenvalue weighted by Gasteiger charge is -2.07. The first kappa shape index (κ1) is 13.1. The third kappa shape index (κ3) is 3.13. The molecule has 0 spiro atoms. The van der Waals surface area contributed by atoms with Gasteiger partial charge < -0.3 is 4.74 Å². The number of rotatable bonds is 4. The van der Waals surface area contributed by atoms with Gasteiger partial charge in [-0.05, 0) is 24.3 Å². The van der Waals surface area contributed by atoms with Crippen molar-refractivity contribution in [2.24, 2.45) is 0 Å². The summed E-state index contributed by atoms with van der Waals surface area (Å²) in [4.78, 5) is 11.7. The van der Waals surface area contributed by atoms with E-state index < -0.39 is 35.6 Å². The van der Waals surface area contributed by atoms with Crippen LogP contribution < -0.4 is 4.74 Å². The van der Waals surface area contributed by atoms with E-state index in [-0.39, 0.29) is 5.56 Å². The predicted molar refractivity (Wildman–Crippen MR) is 62.6 cm³/mol. The van der Waals surface area contributed by atoms with Gasteiger partial charge in [-0.2, -0.15) is 0 Å². The average molecular weight is 266 g/mol. The van der Waals surface area contributed by atoms with Gasteiger partial charge in [-0.1, -0.05) is 18.2 Å². The van der Waals surface area contributed by atoms with Crippen molar-refractivity contribution in [1.29, 1.82) is 0 Å². The Morgan fingerprint density at radius 2 is 1.63 bits per heavy atom. The zero-order chi connectivity index (χ0) is 13.8. The molecule has 5 heteroatoms. The largest absolute Gasteiger partial charge is 0.479 e. The van der Waals surface area contributed by atoms with Crippen molar-refractivity contribution in [1.82, 2.24) is 0 Å². The van der Waals surface area contributed by atoms with Crippen LogP contribution in [0, 0.1) is 17.5 Å². The highest BCUT2D eigenvalue weighted by Crippen LogP contribution is 2.21. The molecule has 0 amide bonds. The van der Waals surface area contributed by atoms with Gasteiger partial charge in [0.15, 0.2) is 29.8 Å². The van der Waals surface area contributed by atoms with Crippen molar-refractivity contribution in [3.8, 4) is 5.75 Å². The average Bonchev–Trinajstić information content (AvgIpc) is 2.38. The molecule has 2 aromatic carbocycles. The molecule has 2 rings (SSSR count). The monoisotopic (exact) mass is 266 g/mol. The van der Waals surface area contributed by atoms with Crippen molar-refractivity contribution in [3.05, 3.63) is 65.5 Å². The Labute approximate surface area is 107 Å². The standard InChI is InChI=1S/C14H9F3O2/c15-10-4-1-3-9(7-10)13(18)8-19-14-11(16)5-2-6-12(14)17/h1-7H,8H2. The lowest BCUT2D eigenvalue weighted by Crippen LogP contribution is -2.13. The van der Waals surface area contributed by atoms with Gasteiger partial charge in [-0.15, -0.1) is 0 Å². The Morgan fingerprint density at radius 3 is 2.26 bits per heavy atom. The van der Waals surface area contributed by atoms with E-state index in [1.165, 1.54) is 24.3 Å². The summed E-state index contributed by atoms with van der Waals surface area (Å²) in [5, 5.41) is 0. The molecule has 0 aromatic heterocycles. The smallest absolute Gasteiger partial charge is 0.200 e. The summed E-state index contributed by atoms with van der Waals surface area (Å²) in [5.41, 5.74) is 0.0803. The molecule has 0 aliphatic carbocycles. The zero-order valence-corrected chi connectivity index (χ0v) is 9.70. The number of ketones is 1. The molecule has 0 radical (unpaired) electrons. The fraction of sp³-hybridized carbons (Fsp3) is 0.0714. The molecule has 0 aliphatic rings. The predicted octanol–water partition coefficient (Wildman–Crippen LogP) is 3.37. The minimum Gasteiger partial charge on any atom is -0.479 e. The van der Waals surface area contributed by atoms with E-state index in [2.05, 4.69) is 0 Å². The summed E-state index contributed by atoms with van der Waals surface area (Å²) >= 11 is 0. The van der Waals surface area contributed by atoms with Crippen molar-refractivity contribution in [2.75, 3.05) is 6.61 Å². The minimum atomic E-state index is -0.896. The molecular formula is C14H9F3O2. The lowest BCUT2D eigenvalue weighted by atomic mass is 10.1. The fourth-order valence-electron chi connectivity index (χ4n) is 1.50. The quantitative estimate of drug-likeness (QED) is 0.793. The van der Waals surface area contributed by atoms with Crippen LogP contribution >= 0.6 is 0 Å². The second-order valence-corrected chi connectivity index (χ2v) is 3.77. The van der Waals surface area contributed by atoms with E-state index in [1.54, 1.807) is 0 Å². The molecule has 0 heterocycles. The van der Waals surface area contributed by atoms with Gasteiger partial charge in [-0.3, -0.25) is 4.79 Å². The van der Waals surface area contributed by atoms with Crippen molar-refractivity contribution >= 4 is 5.78 Å². The summed E-state index contributed by atoms with van der Waals surface area (Å²) in [5.74, 6) is -3.54. The zero-order valence-electron chi connectivity index (χ0n) is 9.70. The molecule has 98 valence electrons. The maximum Gasteiger partial charge on any atom is 0.200 e. The maximum absolute atomic E-state index is 13.2. The first-order chi connectivity index (χ1) is 9.08. The molecule has 0 saturated carbocycles. The van der Waals surface area contributed by atoms with Crippen molar-refractivity contribution in [3.63, 3.8) is 0 Å². The molecular weight excluding hydrogens is 257 g/mol. The van der Waals surface area contributed by atoms with E-state index in [0.29, 0.717) is 0 Å². The van der Waals surface area contributed by atoms with E-state index in [1.807, 2.05) is 0 Å². The van der Waals surface area contributed by atoms with Gasteiger partial charge in [0.05, 0.1) is 0 Å². The summed E-state index contributed by atoms with van der Waals surface area (Å²) in [6.45, 7) is -0.568. The minimum absolute atomic E-state index is 0.0803. The Kier molecular flexibility index (Phi) is 3.85. The highest BCUT2D eigenvalue weighted by atomic mass is 19.1. The first-order valence-electron chi connectivity index (χ1n) is 5.43. The number of para-hydroxylation sites is 1. The first-order valence-corrected chi connectivity index (χ1v) is 5.43. The van der Waals surface area contributed by atoms with Crippen LogP contribution in [-0.2, 0) is 0 Å². The second kappa shape index (κ2) is 5.56. The maximum atomic E-state index is 13.2. The SMILES string of the molecule is O=C(COc1c(F)cccc1F)c1cccc(F)c1. The Hall–Kier alpha value is -2.30. The third-order valence-corrected chi connectivity index (χ3v) is 2.41. The van der Waals surface area contributed by atoms with Crippen LogP contribution in [0.4, 0.5) is 13.2 Å². The molecule has 19 heavy (non-hydrogen) atoms. The summed E-state index contributed by atoms with van der Waals surface area (Å²) in [6, 6.07) is 8.21. The van der Waals surface area contributed by atoms with Gasteiger partial charge >= 0.3 is 0 Å². The summed E-state index contributed by atoms with van der Waals surface area (Å²) < 4.78 is 44.2. The van der Waals surface area contributed by atoms with Gasteiger partial charge in [0, 0.05) is 5.56 Å². The van der Waals surface area contributed by atoms with Gasteiger partial charge in [0.1, 0.15) is 5.82 Å². The normalized spacial score (nSPS) is 10.3. The van der Waals surface area contributed by atoms with E-state index in [0.717, 1.165) is 18.2 Å². The Morgan fingerprint density at radius 1 is 1.00 bits per heavy atom. The van der Waals surface area contributed by atoms with Crippen LogP contribution in [-0.4, -0.2) is 12.4 Å². The van der Waals surface area contributed by atoms with E-state index in [4.69, 9.17) is 4.74 Å².